The van der Waals surface area contributed by atoms with Crippen LogP contribution in [-0.4, -0.2) is 76.1 Å². The molecular formula is C33H40N4O5S. The lowest BCUT2D eigenvalue weighted by Gasteiger charge is -2.35. The molecule has 9 nitrogen and oxygen atoms in total. The van der Waals surface area contributed by atoms with Gasteiger partial charge in [0.1, 0.15) is 12.1 Å². The quantitative estimate of drug-likeness (QED) is 0.321. The first-order valence-corrected chi connectivity index (χ1v) is 15.7. The van der Waals surface area contributed by atoms with Crippen LogP contribution in [0.5, 0.6) is 0 Å². The van der Waals surface area contributed by atoms with Crippen LogP contribution < -0.4 is 5.32 Å². The van der Waals surface area contributed by atoms with Gasteiger partial charge >= 0.3 is 0 Å². The lowest BCUT2D eigenvalue weighted by atomic mass is 10.0. The van der Waals surface area contributed by atoms with Gasteiger partial charge in [0.25, 0.3) is 5.91 Å². The van der Waals surface area contributed by atoms with Gasteiger partial charge in [-0.2, -0.15) is 0 Å². The summed E-state index contributed by atoms with van der Waals surface area (Å²) in [7, 11) is 1.68. The molecule has 2 aromatic carbocycles. The molecule has 0 spiro atoms. The molecule has 0 saturated carbocycles. The number of nitrogens with zero attached hydrogens (tertiary/aromatic N) is 3. The van der Waals surface area contributed by atoms with Crippen LogP contribution in [0.1, 0.15) is 59.4 Å². The number of hydrogen-bond donors (Lipinski definition) is 2. The van der Waals surface area contributed by atoms with Gasteiger partial charge in [0.05, 0.1) is 22.2 Å². The van der Waals surface area contributed by atoms with Crippen LogP contribution >= 0.6 is 11.3 Å². The second kappa shape index (κ2) is 13.4. The number of aliphatic hydroxyl groups is 1. The lowest BCUT2D eigenvalue weighted by Crippen LogP contribution is -2.55. The average molecular weight is 605 g/mol. The van der Waals surface area contributed by atoms with Crippen molar-refractivity contribution < 1.29 is 24.2 Å². The maximum absolute atomic E-state index is 14.0. The number of likely N-dealkylation sites (tertiary alicyclic amines) is 1. The number of carbonyl (C=O) groups is 3. The second-order valence-electron chi connectivity index (χ2n) is 11.8. The maximum Gasteiger partial charge on any atom is 0.255 e. The van der Waals surface area contributed by atoms with Crippen LogP contribution in [0.15, 0.2) is 48.0 Å². The Morgan fingerprint density at radius 2 is 1.91 bits per heavy atom. The third-order valence-corrected chi connectivity index (χ3v) is 9.31. The number of thiazole rings is 1. The maximum atomic E-state index is 14.0. The van der Waals surface area contributed by atoms with E-state index in [-0.39, 0.29) is 36.6 Å². The number of aryl methyl sites for hydroxylation is 2. The standard InChI is InChI=1S/C33H40N4O5S/c1-20(2)29(37-17-25-14-22(6-5-13-42-4)9-12-27(25)32(37)40)33(41)36-18-26(38)15-28(36)31(39)34-16-23-7-10-24(11-8-23)30-21(3)35-19-43-30/h7-12,14,19-20,26,28-29,38H,5-6,13,15-18H2,1-4H3,(H,34,39)/t26-,28+,29?/m1/s1. The zero-order valence-corrected chi connectivity index (χ0v) is 26.0. The first-order valence-electron chi connectivity index (χ1n) is 14.8. The number of fused-ring (bicyclic) bond motifs is 1. The Hall–Kier alpha value is -3.60. The number of benzene rings is 2. The summed E-state index contributed by atoms with van der Waals surface area (Å²) in [5, 5.41) is 13.5. The van der Waals surface area contributed by atoms with Crippen molar-refractivity contribution in [1.29, 1.82) is 0 Å². The Kier molecular flexibility index (Phi) is 9.59. The molecule has 1 fully saturated rings. The summed E-state index contributed by atoms with van der Waals surface area (Å²) in [5.74, 6) is -0.985. The molecule has 43 heavy (non-hydrogen) atoms. The molecule has 1 unspecified atom stereocenters. The first kappa shape index (κ1) is 30.8. The minimum absolute atomic E-state index is 0.0572. The molecule has 0 aliphatic carbocycles. The van der Waals surface area contributed by atoms with E-state index in [0.717, 1.165) is 45.7 Å². The Bertz CT molecular complexity index is 1470. The van der Waals surface area contributed by atoms with E-state index in [4.69, 9.17) is 4.74 Å². The van der Waals surface area contributed by atoms with E-state index >= 15 is 0 Å². The normalized spacial score (nSPS) is 18.8. The Balaban J connectivity index is 1.26. The highest BCUT2D eigenvalue weighted by atomic mass is 32.1. The van der Waals surface area contributed by atoms with Gasteiger partial charge in [0.15, 0.2) is 0 Å². The SMILES string of the molecule is COCCCc1ccc2c(c1)CN(C(C(=O)N1C[C@H](O)C[C@H]1C(=O)NCc1ccc(-c3scnc3C)cc1)C(C)C)C2=O. The van der Waals surface area contributed by atoms with Gasteiger partial charge in [-0.3, -0.25) is 14.4 Å². The van der Waals surface area contributed by atoms with E-state index in [1.54, 1.807) is 23.3 Å². The summed E-state index contributed by atoms with van der Waals surface area (Å²) < 4.78 is 5.16. The molecule has 1 saturated heterocycles. The van der Waals surface area contributed by atoms with Crippen molar-refractivity contribution >= 4 is 29.1 Å². The van der Waals surface area contributed by atoms with Gasteiger partial charge in [-0.25, -0.2) is 4.98 Å². The summed E-state index contributed by atoms with van der Waals surface area (Å²) in [4.78, 5) is 49.4. The fourth-order valence-electron chi connectivity index (χ4n) is 6.11. The van der Waals surface area contributed by atoms with E-state index < -0.39 is 18.2 Å². The molecule has 2 N–H and O–H groups in total. The monoisotopic (exact) mass is 604 g/mol. The van der Waals surface area contributed by atoms with Crippen LogP contribution in [-0.2, 0) is 33.8 Å². The summed E-state index contributed by atoms with van der Waals surface area (Å²) in [6, 6.07) is 12.3. The number of carbonyl (C=O) groups excluding carboxylic acids is 3. The number of methoxy groups -OCH3 is 1. The Labute approximate surface area is 256 Å². The summed E-state index contributed by atoms with van der Waals surface area (Å²) in [6.45, 7) is 7.17. The van der Waals surface area contributed by atoms with Crippen molar-refractivity contribution in [3.63, 3.8) is 0 Å². The summed E-state index contributed by atoms with van der Waals surface area (Å²) in [6.07, 6.45) is 1.08. The van der Waals surface area contributed by atoms with Crippen molar-refractivity contribution in [2.45, 2.75) is 71.3 Å². The number of aliphatic hydroxyl groups excluding tert-OH is 1. The van der Waals surface area contributed by atoms with E-state index in [9.17, 15) is 19.5 Å². The molecule has 2 aliphatic heterocycles. The lowest BCUT2D eigenvalue weighted by molar-refractivity contribution is -0.143. The molecule has 228 valence electrons. The molecule has 3 aromatic rings. The molecule has 1 aromatic heterocycles. The minimum atomic E-state index is -0.810. The zero-order chi connectivity index (χ0) is 30.7. The number of ether oxygens (including phenoxy) is 1. The molecule has 3 amide bonds. The molecule has 10 heteroatoms. The smallest absolute Gasteiger partial charge is 0.255 e. The van der Waals surface area contributed by atoms with Gasteiger partial charge < -0.3 is 25.0 Å². The highest BCUT2D eigenvalue weighted by Crippen LogP contribution is 2.31. The highest BCUT2D eigenvalue weighted by Gasteiger charge is 2.45. The van der Waals surface area contributed by atoms with E-state index in [0.29, 0.717) is 25.3 Å². The van der Waals surface area contributed by atoms with Crippen molar-refractivity contribution in [2.24, 2.45) is 5.92 Å². The van der Waals surface area contributed by atoms with Crippen molar-refractivity contribution in [3.05, 3.63) is 75.9 Å². The van der Waals surface area contributed by atoms with Gasteiger partial charge in [0.2, 0.25) is 11.8 Å². The molecule has 0 radical (unpaired) electrons. The minimum Gasteiger partial charge on any atom is -0.391 e. The van der Waals surface area contributed by atoms with E-state index in [2.05, 4.69) is 10.3 Å². The van der Waals surface area contributed by atoms with E-state index in [1.165, 1.54) is 4.90 Å². The molecule has 2 aliphatic rings. The molecule has 3 atom stereocenters. The van der Waals surface area contributed by atoms with Gasteiger partial charge in [-0.05, 0) is 54.0 Å². The van der Waals surface area contributed by atoms with Gasteiger partial charge in [0, 0.05) is 45.3 Å². The largest absolute Gasteiger partial charge is 0.391 e. The topological polar surface area (TPSA) is 112 Å². The van der Waals surface area contributed by atoms with Crippen molar-refractivity contribution in [1.82, 2.24) is 20.1 Å². The molecule has 3 heterocycles. The van der Waals surface area contributed by atoms with Crippen LogP contribution in [0.3, 0.4) is 0 Å². The fraction of sp³-hybridized carbons (Fsp3) is 0.455. The number of aromatic nitrogens is 1. The Morgan fingerprint density at radius 1 is 1.16 bits per heavy atom. The number of nitrogens with one attached hydrogen (secondary N) is 1. The fourth-order valence-corrected chi connectivity index (χ4v) is 6.92. The van der Waals surface area contributed by atoms with Crippen LogP contribution in [0.2, 0.25) is 0 Å². The van der Waals surface area contributed by atoms with Gasteiger partial charge in [-0.1, -0.05) is 50.2 Å². The van der Waals surface area contributed by atoms with E-state index in [1.807, 2.05) is 68.7 Å². The number of β-amino-alcohol motifs (C(OH)–C–C–N with tert-alkyl or cyclic N) is 1. The van der Waals surface area contributed by atoms with Crippen LogP contribution in [0.25, 0.3) is 10.4 Å². The van der Waals surface area contributed by atoms with Crippen molar-refractivity contribution in [3.8, 4) is 10.4 Å². The highest BCUT2D eigenvalue weighted by molar-refractivity contribution is 7.13. The second-order valence-corrected chi connectivity index (χ2v) is 12.6. The predicted molar refractivity (Wildman–Crippen MR) is 165 cm³/mol. The number of rotatable bonds is 11. The predicted octanol–water partition coefficient (Wildman–Crippen LogP) is 3.96. The van der Waals surface area contributed by atoms with Crippen LogP contribution in [0, 0.1) is 12.8 Å². The molecular weight excluding hydrogens is 564 g/mol. The zero-order valence-electron chi connectivity index (χ0n) is 25.2. The average Bonchev–Trinajstić information content (AvgIpc) is 3.69. The molecule has 0 bridgehead atoms. The number of hydrogen-bond acceptors (Lipinski definition) is 7. The van der Waals surface area contributed by atoms with Crippen molar-refractivity contribution in [2.75, 3.05) is 20.3 Å². The summed E-state index contributed by atoms with van der Waals surface area (Å²) in [5.41, 5.74) is 7.46. The number of amides is 3. The first-order chi connectivity index (χ1) is 20.7. The van der Waals surface area contributed by atoms with Crippen LogP contribution in [0.4, 0.5) is 0 Å². The third kappa shape index (κ3) is 6.66. The van der Waals surface area contributed by atoms with Gasteiger partial charge in [-0.15, -0.1) is 11.3 Å². The Morgan fingerprint density at radius 3 is 2.58 bits per heavy atom. The third-order valence-electron chi connectivity index (χ3n) is 8.33. The molecule has 5 rings (SSSR count). The summed E-state index contributed by atoms with van der Waals surface area (Å²) >= 11 is 1.59.